The molecule has 1 unspecified atom stereocenters. The molecule has 0 fully saturated rings. The fourth-order valence-corrected chi connectivity index (χ4v) is 4.65. The number of aryl methyl sites for hydroxylation is 1. The highest BCUT2D eigenvalue weighted by atomic mass is 19.1. The number of hydrogen-bond acceptors (Lipinski definition) is 2. The van der Waals surface area contributed by atoms with Gasteiger partial charge in [0.05, 0.1) is 0 Å². The zero-order valence-corrected chi connectivity index (χ0v) is 19.8. The zero-order chi connectivity index (χ0) is 23.4. The van der Waals surface area contributed by atoms with Crippen LogP contribution in [0.4, 0.5) is 4.39 Å². The Balaban J connectivity index is 1.37. The van der Waals surface area contributed by atoms with Crippen LogP contribution in [0, 0.1) is 5.82 Å². The van der Waals surface area contributed by atoms with Crippen molar-refractivity contribution in [3.05, 3.63) is 94.8 Å². The van der Waals surface area contributed by atoms with Crippen molar-refractivity contribution < 1.29 is 9.18 Å². The van der Waals surface area contributed by atoms with Crippen molar-refractivity contribution in [2.75, 3.05) is 6.54 Å². The van der Waals surface area contributed by atoms with Crippen molar-refractivity contribution >= 4 is 5.91 Å². The maximum Gasteiger partial charge on any atom is 0.251 e. The van der Waals surface area contributed by atoms with Crippen molar-refractivity contribution in [3.8, 4) is 11.1 Å². The third-order valence-corrected chi connectivity index (χ3v) is 6.68. The van der Waals surface area contributed by atoms with Gasteiger partial charge in [-0.25, -0.2) is 4.39 Å². The van der Waals surface area contributed by atoms with Crippen molar-refractivity contribution in [2.45, 2.75) is 58.7 Å². The molecule has 1 aliphatic rings. The summed E-state index contributed by atoms with van der Waals surface area (Å²) in [5.74, 6) is -0.292. The van der Waals surface area contributed by atoms with Crippen LogP contribution in [0.15, 0.2) is 66.7 Å². The summed E-state index contributed by atoms with van der Waals surface area (Å²) in [5.41, 5.74) is 6.68. The fraction of sp³-hybridized carbons (Fsp3) is 0.345. The van der Waals surface area contributed by atoms with Gasteiger partial charge in [0.25, 0.3) is 5.91 Å². The summed E-state index contributed by atoms with van der Waals surface area (Å²) in [6.07, 6.45) is 2.82. The van der Waals surface area contributed by atoms with E-state index in [1.165, 1.54) is 28.8 Å². The molecular weight excluding hydrogens is 411 g/mol. The molecule has 172 valence electrons. The number of nitrogens with zero attached hydrogens (tertiary/aromatic N) is 1. The molecule has 0 bridgehead atoms. The SMILES string of the molecule is CCN(Cc1ccc2c(c1)CCC(NC(=O)c1ccc(-c3ccc(F)cc3)cc1)C2)C(C)C. The van der Waals surface area contributed by atoms with Gasteiger partial charge in [0, 0.05) is 24.2 Å². The number of amides is 1. The Hall–Kier alpha value is -2.98. The number of halogens is 1. The van der Waals surface area contributed by atoms with E-state index in [0.29, 0.717) is 11.6 Å². The first-order valence-corrected chi connectivity index (χ1v) is 11.9. The molecule has 3 nitrogen and oxygen atoms in total. The monoisotopic (exact) mass is 444 g/mol. The molecule has 0 radical (unpaired) electrons. The lowest BCUT2D eigenvalue weighted by atomic mass is 9.87. The summed E-state index contributed by atoms with van der Waals surface area (Å²) in [6, 6.07) is 21.4. The van der Waals surface area contributed by atoms with E-state index >= 15 is 0 Å². The molecular formula is C29H33FN2O. The van der Waals surface area contributed by atoms with Crippen LogP contribution in [0.3, 0.4) is 0 Å². The van der Waals surface area contributed by atoms with Gasteiger partial charge in [-0.15, -0.1) is 0 Å². The molecule has 0 heterocycles. The van der Waals surface area contributed by atoms with Gasteiger partial charge in [0.2, 0.25) is 0 Å². The minimum atomic E-state index is -0.251. The number of benzene rings is 3. The normalized spacial score (nSPS) is 15.5. The Bertz CT molecular complexity index is 1090. The van der Waals surface area contributed by atoms with Gasteiger partial charge in [0.15, 0.2) is 0 Å². The molecule has 0 aliphatic heterocycles. The number of rotatable bonds is 7. The molecule has 33 heavy (non-hydrogen) atoms. The van der Waals surface area contributed by atoms with Crippen LogP contribution < -0.4 is 5.32 Å². The van der Waals surface area contributed by atoms with E-state index in [9.17, 15) is 9.18 Å². The molecule has 0 saturated heterocycles. The first-order valence-electron chi connectivity index (χ1n) is 11.9. The molecule has 3 aromatic rings. The Labute approximate surface area is 196 Å². The summed E-state index contributed by atoms with van der Waals surface area (Å²) < 4.78 is 13.1. The highest BCUT2D eigenvalue weighted by Crippen LogP contribution is 2.25. The number of nitrogens with one attached hydrogen (secondary N) is 1. The van der Waals surface area contributed by atoms with Crippen LogP contribution >= 0.6 is 0 Å². The van der Waals surface area contributed by atoms with Crippen molar-refractivity contribution in [3.63, 3.8) is 0 Å². The van der Waals surface area contributed by atoms with Crippen molar-refractivity contribution in [1.29, 1.82) is 0 Å². The van der Waals surface area contributed by atoms with Crippen LogP contribution in [0.25, 0.3) is 11.1 Å². The topological polar surface area (TPSA) is 32.3 Å². The summed E-state index contributed by atoms with van der Waals surface area (Å²) in [7, 11) is 0. The molecule has 1 amide bonds. The molecule has 0 saturated carbocycles. The quantitative estimate of drug-likeness (QED) is 0.484. The lowest BCUT2D eigenvalue weighted by Crippen LogP contribution is -2.38. The van der Waals surface area contributed by atoms with E-state index in [1.807, 2.05) is 24.3 Å². The van der Waals surface area contributed by atoms with Gasteiger partial charge in [-0.1, -0.05) is 49.4 Å². The van der Waals surface area contributed by atoms with Gasteiger partial charge >= 0.3 is 0 Å². The predicted octanol–water partition coefficient (Wildman–Crippen LogP) is 6.01. The lowest BCUT2D eigenvalue weighted by molar-refractivity contribution is 0.0933. The minimum absolute atomic E-state index is 0.0405. The molecule has 0 spiro atoms. The third kappa shape index (κ3) is 5.69. The smallest absolute Gasteiger partial charge is 0.251 e. The van der Waals surface area contributed by atoms with E-state index in [4.69, 9.17) is 0 Å². The van der Waals surface area contributed by atoms with E-state index in [2.05, 4.69) is 49.2 Å². The average Bonchev–Trinajstić information content (AvgIpc) is 2.83. The molecule has 1 aliphatic carbocycles. The Morgan fingerprint density at radius 2 is 1.67 bits per heavy atom. The van der Waals surface area contributed by atoms with E-state index in [-0.39, 0.29) is 17.8 Å². The Morgan fingerprint density at radius 1 is 1.00 bits per heavy atom. The van der Waals surface area contributed by atoms with Gasteiger partial charge in [-0.3, -0.25) is 9.69 Å². The van der Waals surface area contributed by atoms with Gasteiger partial charge in [-0.05, 0) is 91.7 Å². The van der Waals surface area contributed by atoms with Gasteiger partial charge in [0.1, 0.15) is 5.82 Å². The van der Waals surface area contributed by atoms with Gasteiger partial charge in [-0.2, -0.15) is 0 Å². The maximum atomic E-state index is 13.1. The van der Waals surface area contributed by atoms with E-state index < -0.39 is 0 Å². The van der Waals surface area contributed by atoms with Crippen LogP contribution in [0.2, 0.25) is 0 Å². The molecule has 1 N–H and O–H groups in total. The summed E-state index contributed by atoms with van der Waals surface area (Å²) in [5, 5.41) is 3.22. The number of carbonyl (C=O) groups excluding carboxylic acids is 1. The molecule has 3 aromatic carbocycles. The lowest BCUT2D eigenvalue weighted by Gasteiger charge is -2.28. The molecule has 1 atom stereocenters. The van der Waals surface area contributed by atoms with Crippen molar-refractivity contribution in [2.24, 2.45) is 0 Å². The van der Waals surface area contributed by atoms with Crippen LogP contribution in [0.5, 0.6) is 0 Å². The van der Waals surface area contributed by atoms with Crippen LogP contribution in [-0.4, -0.2) is 29.4 Å². The number of hydrogen-bond donors (Lipinski definition) is 1. The van der Waals surface area contributed by atoms with E-state index in [0.717, 1.165) is 43.5 Å². The zero-order valence-electron chi connectivity index (χ0n) is 19.8. The highest BCUT2D eigenvalue weighted by Gasteiger charge is 2.21. The largest absolute Gasteiger partial charge is 0.349 e. The van der Waals surface area contributed by atoms with Crippen LogP contribution in [0.1, 0.15) is 54.2 Å². The van der Waals surface area contributed by atoms with Crippen LogP contribution in [-0.2, 0) is 19.4 Å². The molecule has 4 rings (SSSR count). The number of carbonyl (C=O) groups is 1. The number of fused-ring (bicyclic) bond motifs is 1. The second-order valence-corrected chi connectivity index (χ2v) is 9.26. The summed E-state index contributed by atoms with van der Waals surface area (Å²) >= 11 is 0. The van der Waals surface area contributed by atoms with Crippen molar-refractivity contribution in [1.82, 2.24) is 10.2 Å². The second kappa shape index (κ2) is 10.3. The average molecular weight is 445 g/mol. The van der Waals surface area contributed by atoms with E-state index in [1.54, 1.807) is 12.1 Å². The Morgan fingerprint density at radius 3 is 2.30 bits per heavy atom. The maximum absolute atomic E-state index is 13.1. The molecule has 0 aromatic heterocycles. The Kier molecular flexibility index (Phi) is 7.24. The summed E-state index contributed by atoms with van der Waals surface area (Å²) in [6.45, 7) is 8.72. The second-order valence-electron chi connectivity index (χ2n) is 9.26. The predicted molar refractivity (Wildman–Crippen MR) is 133 cm³/mol. The highest BCUT2D eigenvalue weighted by molar-refractivity contribution is 5.94. The minimum Gasteiger partial charge on any atom is -0.349 e. The fourth-order valence-electron chi connectivity index (χ4n) is 4.65. The van der Waals surface area contributed by atoms with Gasteiger partial charge < -0.3 is 5.32 Å². The summed E-state index contributed by atoms with van der Waals surface area (Å²) in [4.78, 5) is 15.3. The molecule has 4 heteroatoms. The first kappa shape index (κ1) is 23.2. The third-order valence-electron chi connectivity index (χ3n) is 6.68. The first-order chi connectivity index (χ1) is 15.9. The standard InChI is InChI=1S/C29H33FN2O/c1-4-32(20(2)3)19-21-5-6-26-18-28(16-13-25(26)17-21)31-29(33)24-9-7-22(8-10-24)23-11-14-27(30)15-12-23/h5-12,14-15,17,20,28H,4,13,16,18-19H2,1-3H3,(H,31,33).